The number of alkyl halides is 7. The monoisotopic (exact) mass is 355 g/mol. The van der Waals surface area contributed by atoms with Crippen LogP contribution < -0.4 is 0 Å². The molecule has 1 aliphatic rings. The lowest BCUT2D eigenvalue weighted by Crippen LogP contribution is -2.70. The van der Waals surface area contributed by atoms with E-state index in [1.807, 2.05) is 0 Å². The third-order valence-electron chi connectivity index (χ3n) is 2.20. The maximum atomic E-state index is 13.2. The second kappa shape index (κ2) is 3.74. The minimum Gasteiger partial charge on any atom is -0.207 e. The Balaban J connectivity index is 3.74. The smallest absolute Gasteiger partial charge is 0.207 e. The molecule has 1 aliphatic carbocycles. The second-order valence-corrected chi connectivity index (χ2v) is 4.00. The molecule has 0 radical (unpaired) electrons. The first-order valence-corrected chi connectivity index (χ1v) is 4.56. The Morgan fingerprint density at radius 1 is 0.833 bits per heavy atom. The zero-order valence-electron chi connectivity index (χ0n) is 7.60. The van der Waals surface area contributed by atoms with Crippen molar-refractivity contribution in [2.75, 3.05) is 0 Å². The van der Waals surface area contributed by atoms with Gasteiger partial charge in [-0.05, 0) is 15.9 Å². The molecule has 0 aliphatic heterocycles. The quantitative estimate of drug-likeness (QED) is 0.387. The van der Waals surface area contributed by atoms with E-state index in [0.717, 1.165) is 0 Å². The lowest BCUT2D eigenvalue weighted by molar-refractivity contribution is -0.406. The largest absolute Gasteiger partial charge is 0.384 e. The standard InChI is InChI=1S/C6BrF10N/c7-1-2(8)3(9,10)5(12,13)6(14,15)4(1,11)18(16)17. The minimum absolute atomic E-state index is 1.39. The van der Waals surface area contributed by atoms with Gasteiger partial charge in [0.2, 0.25) is 0 Å². The summed E-state index contributed by atoms with van der Waals surface area (Å²) in [7, 11) is 0. The van der Waals surface area contributed by atoms with Crippen molar-refractivity contribution in [3.63, 3.8) is 0 Å². The van der Waals surface area contributed by atoms with Gasteiger partial charge in [0.15, 0.2) is 5.83 Å². The molecule has 0 aromatic carbocycles. The van der Waals surface area contributed by atoms with Gasteiger partial charge >= 0.3 is 23.6 Å². The average molecular weight is 356 g/mol. The van der Waals surface area contributed by atoms with Crippen molar-refractivity contribution >= 4 is 15.9 Å². The van der Waals surface area contributed by atoms with E-state index in [2.05, 4.69) is 0 Å². The highest BCUT2D eigenvalue weighted by atomic mass is 79.9. The lowest BCUT2D eigenvalue weighted by Gasteiger charge is -2.43. The van der Waals surface area contributed by atoms with Crippen LogP contribution in [0.3, 0.4) is 0 Å². The summed E-state index contributed by atoms with van der Waals surface area (Å²) in [6.45, 7) is 0. The Kier molecular flexibility index (Phi) is 3.23. The molecule has 0 aromatic rings. The van der Waals surface area contributed by atoms with E-state index in [1.165, 1.54) is 15.9 Å². The van der Waals surface area contributed by atoms with Gasteiger partial charge in [-0.3, -0.25) is 0 Å². The molecule has 0 amide bonds. The number of hydrogen-bond donors (Lipinski definition) is 0. The van der Waals surface area contributed by atoms with Crippen LogP contribution in [0.25, 0.3) is 0 Å². The van der Waals surface area contributed by atoms with Crippen LogP contribution >= 0.6 is 15.9 Å². The summed E-state index contributed by atoms with van der Waals surface area (Å²) in [4.78, 5) is 0. The molecule has 106 valence electrons. The Morgan fingerprint density at radius 2 is 1.22 bits per heavy atom. The SMILES string of the molecule is FC1=C(Br)C(F)(N(F)F)C(F)(F)C(F)(F)C1(F)F. The fraction of sp³-hybridized carbons (Fsp3) is 0.667. The summed E-state index contributed by atoms with van der Waals surface area (Å²) in [6.07, 6.45) is 0. The topological polar surface area (TPSA) is 3.24 Å². The summed E-state index contributed by atoms with van der Waals surface area (Å²) in [5.74, 6) is -28.6. The average Bonchev–Trinajstić information content (AvgIpc) is 2.23. The molecular formula is C6BrF10N. The van der Waals surface area contributed by atoms with Crippen LogP contribution in [-0.2, 0) is 0 Å². The summed E-state index contributed by atoms with van der Waals surface area (Å²) in [6, 6.07) is 0. The van der Waals surface area contributed by atoms with Crippen molar-refractivity contribution < 1.29 is 44.1 Å². The molecule has 0 bridgehead atoms. The third-order valence-corrected chi connectivity index (χ3v) is 3.07. The Bertz CT molecular complexity index is 403. The van der Waals surface area contributed by atoms with Crippen molar-refractivity contribution in [3.8, 4) is 0 Å². The first kappa shape index (κ1) is 15.5. The molecule has 0 N–H and O–H groups in total. The van der Waals surface area contributed by atoms with Gasteiger partial charge in [0, 0.05) is 0 Å². The third kappa shape index (κ3) is 1.38. The van der Waals surface area contributed by atoms with Crippen LogP contribution in [0, 0.1) is 0 Å². The van der Waals surface area contributed by atoms with E-state index in [9.17, 15) is 44.1 Å². The van der Waals surface area contributed by atoms with Crippen molar-refractivity contribution in [3.05, 3.63) is 10.3 Å². The molecular weight excluding hydrogens is 356 g/mol. The molecule has 12 heteroatoms. The van der Waals surface area contributed by atoms with Gasteiger partial charge in [0.05, 0.1) is 9.83 Å². The minimum atomic E-state index is -6.69. The number of hydrogen-bond acceptors (Lipinski definition) is 1. The van der Waals surface area contributed by atoms with E-state index < -0.39 is 39.2 Å². The maximum absolute atomic E-state index is 13.2. The molecule has 0 saturated heterocycles. The van der Waals surface area contributed by atoms with Gasteiger partial charge in [-0.1, -0.05) is 8.96 Å². The van der Waals surface area contributed by atoms with Crippen molar-refractivity contribution in [2.24, 2.45) is 0 Å². The van der Waals surface area contributed by atoms with Crippen LogP contribution in [0.2, 0.25) is 0 Å². The fourth-order valence-corrected chi connectivity index (χ4v) is 1.78. The molecule has 0 aromatic heterocycles. The molecule has 0 spiro atoms. The maximum Gasteiger partial charge on any atom is 0.384 e. The Morgan fingerprint density at radius 3 is 1.56 bits per heavy atom. The normalized spacial score (nSPS) is 34.0. The van der Waals surface area contributed by atoms with Crippen LogP contribution in [0.4, 0.5) is 44.1 Å². The highest BCUT2D eigenvalue weighted by molar-refractivity contribution is 9.11. The number of rotatable bonds is 1. The van der Waals surface area contributed by atoms with Crippen molar-refractivity contribution in [1.29, 1.82) is 0 Å². The first-order chi connectivity index (χ1) is 7.76. The van der Waals surface area contributed by atoms with Gasteiger partial charge in [-0.15, -0.1) is 0 Å². The van der Waals surface area contributed by atoms with Crippen LogP contribution in [-0.4, -0.2) is 28.9 Å². The van der Waals surface area contributed by atoms with Crippen molar-refractivity contribution in [1.82, 2.24) is 5.34 Å². The summed E-state index contributed by atoms with van der Waals surface area (Å²) < 4.78 is 123. The number of halogens is 11. The highest BCUT2D eigenvalue weighted by Crippen LogP contribution is 2.63. The van der Waals surface area contributed by atoms with E-state index in [1.54, 1.807) is 0 Å². The predicted molar refractivity (Wildman–Crippen MR) is 39.8 cm³/mol. The molecule has 0 saturated carbocycles. The van der Waals surface area contributed by atoms with Gasteiger partial charge < -0.3 is 0 Å². The predicted octanol–water partition coefficient (Wildman–Crippen LogP) is 4.22. The van der Waals surface area contributed by atoms with Crippen LogP contribution in [0.1, 0.15) is 0 Å². The van der Waals surface area contributed by atoms with Gasteiger partial charge in [0.1, 0.15) is 0 Å². The van der Waals surface area contributed by atoms with Gasteiger partial charge in [-0.25, -0.2) is 8.78 Å². The molecule has 18 heavy (non-hydrogen) atoms. The van der Waals surface area contributed by atoms with Crippen LogP contribution in [0.5, 0.6) is 0 Å². The molecule has 1 atom stereocenters. The number of allylic oxidation sites excluding steroid dienone is 1. The molecule has 0 fully saturated rings. The number of nitrogens with zero attached hydrogens (tertiary/aromatic N) is 1. The first-order valence-electron chi connectivity index (χ1n) is 3.76. The highest BCUT2D eigenvalue weighted by Gasteiger charge is 2.88. The summed E-state index contributed by atoms with van der Waals surface area (Å²) in [5, 5.41) is -3.11. The van der Waals surface area contributed by atoms with Gasteiger partial charge in [-0.2, -0.15) is 26.3 Å². The summed E-state index contributed by atoms with van der Waals surface area (Å²) in [5.41, 5.74) is 0. The van der Waals surface area contributed by atoms with Crippen LogP contribution in [0.15, 0.2) is 10.3 Å². The molecule has 1 rings (SSSR count). The molecule has 1 unspecified atom stereocenters. The lowest BCUT2D eigenvalue weighted by atomic mass is 9.88. The Labute approximate surface area is 100 Å². The zero-order valence-corrected chi connectivity index (χ0v) is 9.19. The van der Waals surface area contributed by atoms with Gasteiger partial charge in [0.25, 0.3) is 0 Å². The second-order valence-electron chi connectivity index (χ2n) is 3.21. The van der Waals surface area contributed by atoms with Crippen molar-refractivity contribution in [2.45, 2.75) is 23.6 Å². The van der Waals surface area contributed by atoms with E-state index in [4.69, 9.17) is 0 Å². The molecule has 0 heterocycles. The van der Waals surface area contributed by atoms with E-state index >= 15 is 0 Å². The Hall–Kier alpha value is -0.520. The zero-order chi connectivity index (χ0) is 14.7. The fourth-order valence-electron chi connectivity index (χ4n) is 1.14. The molecule has 1 nitrogen and oxygen atoms in total. The van der Waals surface area contributed by atoms with E-state index in [0.29, 0.717) is 0 Å². The van der Waals surface area contributed by atoms with E-state index in [-0.39, 0.29) is 0 Å². The summed E-state index contributed by atoms with van der Waals surface area (Å²) >= 11 is 1.39.